The number of imide groups is 2. The van der Waals surface area contributed by atoms with Crippen molar-refractivity contribution >= 4 is 35.0 Å². The van der Waals surface area contributed by atoms with E-state index in [9.17, 15) is 45.5 Å². The quantitative estimate of drug-likeness (QED) is 0.188. The van der Waals surface area contributed by atoms with Crippen molar-refractivity contribution in [2.75, 3.05) is 9.80 Å². The highest BCUT2D eigenvalue weighted by molar-refractivity contribution is 6.26. The zero-order chi connectivity index (χ0) is 35.3. The average Bonchev–Trinajstić information content (AvgIpc) is 3.76. The van der Waals surface area contributed by atoms with Gasteiger partial charge in [-0.1, -0.05) is 72.8 Å². The minimum absolute atomic E-state index is 0.277. The normalized spacial score (nSPS) is 26.9. The highest BCUT2D eigenvalue weighted by atomic mass is 19.4. The van der Waals surface area contributed by atoms with E-state index in [0.717, 1.165) is 46.2 Å². The van der Waals surface area contributed by atoms with Crippen molar-refractivity contribution in [2.24, 2.45) is 11.8 Å². The van der Waals surface area contributed by atoms with Gasteiger partial charge in [0.25, 0.3) is 11.8 Å². The van der Waals surface area contributed by atoms with Crippen LogP contribution in [0.25, 0.3) is 0 Å². The second-order valence-electron chi connectivity index (χ2n) is 12.5. The first-order valence-electron chi connectivity index (χ1n) is 15.6. The standard InChI is InChI=1S/C36H24F6N4O4/c37-35(38,39)21-13-7-15-23(17-21)43-31(47)25-27(19-9-3-1-4-10-19)45-30-26(28(20-11-5-2-6-12-20)46(45)29(25)33(43)49)32(48)44(34(30)50)24-16-8-14-22(18-24)36(40,41)42/h1-18,25-30H/t25-,26-,27-,28+,29+,30+/m0/s1. The first-order chi connectivity index (χ1) is 23.8. The molecule has 4 aliphatic rings. The molecule has 4 aliphatic heterocycles. The lowest BCUT2D eigenvalue weighted by Crippen LogP contribution is -2.50. The molecule has 8 rings (SSSR count). The monoisotopic (exact) mass is 690 g/mol. The van der Waals surface area contributed by atoms with Crippen molar-refractivity contribution in [1.82, 2.24) is 10.0 Å². The van der Waals surface area contributed by atoms with E-state index in [-0.39, 0.29) is 11.4 Å². The predicted molar refractivity (Wildman–Crippen MR) is 164 cm³/mol. The Morgan fingerprint density at radius 3 is 1.12 bits per heavy atom. The fraction of sp³-hybridized carbons (Fsp3) is 0.222. The van der Waals surface area contributed by atoms with Crippen LogP contribution in [0.4, 0.5) is 37.7 Å². The van der Waals surface area contributed by atoms with Crippen molar-refractivity contribution in [3.05, 3.63) is 131 Å². The number of fused-ring (bicyclic) bond motifs is 5. The Morgan fingerprint density at radius 1 is 0.420 bits per heavy atom. The Kier molecular flexibility index (Phi) is 7.07. The van der Waals surface area contributed by atoms with Crippen LogP contribution in [-0.2, 0) is 31.5 Å². The molecular formula is C36H24F6N4O4. The lowest BCUT2D eigenvalue weighted by molar-refractivity contribution is -0.138. The summed E-state index contributed by atoms with van der Waals surface area (Å²) in [5.74, 6) is -5.71. The topological polar surface area (TPSA) is 81.2 Å². The number of carbonyl (C=O) groups is 4. The first-order valence-corrected chi connectivity index (χ1v) is 15.6. The number of alkyl halides is 6. The number of halogens is 6. The molecular weight excluding hydrogens is 666 g/mol. The van der Waals surface area contributed by atoms with E-state index in [4.69, 9.17) is 0 Å². The molecule has 4 saturated heterocycles. The number of rotatable bonds is 4. The van der Waals surface area contributed by atoms with Crippen molar-refractivity contribution in [3.8, 4) is 0 Å². The van der Waals surface area contributed by atoms with Crippen LogP contribution in [-0.4, -0.2) is 45.7 Å². The molecule has 8 nitrogen and oxygen atoms in total. The third-order valence-corrected chi connectivity index (χ3v) is 9.87. The molecule has 50 heavy (non-hydrogen) atoms. The van der Waals surface area contributed by atoms with Gasteiger partial charge in [0.2, 0.25) is 11.8 Å². The Morgan fingerprint density at radius 2 is 0.780 bits per heavy atom. The van der Waals surface area contributed by atoms with Gasteiger partial charge >= 0.3 is 12.4 Å². The fourth-order valence-corrected chi connectivity index (χ4v) is 7.95. The number of amides is 4. The first kappa shape index (κ1) is 31.9. The maximum Gasteiger partial charge on any atom is 0.416 e. The van der Waals surface area contributed by atoms with E-state index >= 15 is 0 Å². The molecule has 0 saturated carbocycles. The molecule has 4 aromatic carbocycles. The molecule has 0 unspecified atom stereocenters. The van der Waals surface area contributed by atoms with E-state index in [2.05, 4.69) is 0 Å². The van der Waals surface area contributed by atoms with E-state index in [0.29, 0.717) is 11.1 Å². The second kappa shape index (κ2) is 11.1. The average molecular weight is 691 g/mol. The number of nitrogens with zero attached hydrogens (tertiary/aromatic N) is 4. The third kappa shape index (κ3) is 4.62. The van der Waals surface area contributed by atoms with Crippen LogP contribution >= 0.6 is 0 Å². The molecule has 0 bridgehead atoms. The molecule has 0 aromatic heterocycles. The van der Waals surface area contributed by atoms with Gasteiger partial charge in [0.1, 0.15) is 12.1 Å². The molecule has 254 valence electrons. The lowest BCUT2D eigenvalue weighted by atomic mass is 9.84. The van der Waals surface area contributed by atoms with Crippen LogP contribution in [0, 0.1) is 11.8 Å². The highest BCUT2D eigenvalue weighted by Crippen LogP contribution is 2.60. The number of carbonyl (C=O) groups excluding carboxylic acids is 4. The highest BCUT2D eigenvalue weighted by Gasteiger charge is 2.73. The number of hydrogen-bond acceptors (Lipinski definition) is 6. The molecule has 4 fully saturated rings. The van der Waals surface area contributed by atoms with Crippen molar-refractivity contribution in [3.63, 3.8) is 0 Å². The summed E-state index contributed by atoms with van der Waals surface area (Å²) in [5.41, 5.74) is -1.69. The number of benzene rings is 4. The van der Waals surface area contributed by atoms with Crippen LogP contribution in [0.15, 0.2) is 109 Å². The predicted octanol–water partition coefficient (Wildman–Crippen LogP) is 6.17. The molecule has 0 aliphatic carbocycles. The van der Waals surface area contributed by atoms with Gasteiger partial charge in [-0.3, -0.25) is 19.2 Å². The van der Waals surface area contributed by atoms with Gasteiger partial charge in [0, 0.05) is 0 Å². The number of hydrogen-bond donors (Lipinski definition) is 0. The molecule has 6 atom stereocenters. The van der Waals surface area contributed by atoms with Crippen LogP contribution in [0.2, 0.25) is 0 Å². The third-order valence-electron chi connectivity index (χ3n) is 9.87. The van der Waals surface area contributed by atoms with E-state index in [1.807, 2.05) is 0 Å². The molecule has 14 heteroatoms. The summed E-state index contributed by atoms with van der Waals surface area (Å²) in [6, 6.07) is 19.8. The van der Waals surface area contributed by atoms with Gasteiger partial charge in [-0.15, -0.1) is 0 Å². The summed E-state index contributed by atoms with van der Waals surface area (Å²) in [7, 11) is 0. The smallest absolute Gasteiger partial charge is 0.274 e. The minimum Gasteiger partial charge on any atom is -0.274 e. The fourth-order valence-electron chi connectivity index (χ4n) is 7.95. The molecule has 4 heterocycles. The van der Waals surface area contributed by atoms with Crippen LogP contribution in [0.5, 0.6) is 0 Å². The van der Waals surface area contributed by atoms with Gasteiger partial charge in [-0.05, 0) is 47.5 Å². The molecule has 4 aromatic rings. The lowest BCUT2D eigenvalue weighted by Gasteiger charge is -2.35. The summed E-state index contributed by atoms with van der Waals surface area (Å²) in [6.07, 6.45) is -9.50. The number of hydrazine groups is 1. The van der Waals surface area contributed by atoms with Crippen molar-refractivity contribution < 1.29 is 45.5 Å². The van der Waals surface area contributed by atoms with Crippen LogP contribution < -0.4 is 9.80 Å². The summed E-state index contributed by atoms with van der Waals surface area (Å²) < 4.78 is 82.1. The van der Waals surface area contributed by atoms with Crippen molar-refractivity contribution in [2.45, 2.75) is 36.5 Å². The maximum atomic E-state index is 14.4. The van der Waals surface area contributed by atoms with Gasteiger partial charge in [0.15, 0.2) is 0 Å². The van der Waals surface area contributed by atoms with E-state index in [1.54, 1.807) is 60.7 Å². The Labute approximate surface area is 280 Å². The largest absolute Gasteiger partial charge is 0.416 e. The molecule has 0 radical (unpaired) electrons. The van der Waals surface area contributed by atoms with Crippen LogP contribution in [0.1, 0.15) is 34.3 Å². The van der Waals surface area contributed by atoms with Gasteiger partial charge in [-0.25, -0.2) is 19.8 Å². The Hall–Kier alpha value is -5.34. The van der Waals surface area contributed by atoms with Gasteiger partial charge in [-0.2, -0.15) is 26.3 Å². The minimum atomic E-state index is -4.75. The molecule has 0 spiro atoms. The van der Waals surface area contributed by atoms with Crippen molar-refractivity contribution in [1.29, 1.82) is 0 Å². The van der Waals surface area contributed by atoms with E-state index < -0.39 is 83.1 Å². The zero-order valence-corrected chi connectivity index (χ0v) is 25.5. The Bertz CT molecular complexity index is 1910. The summed E-state index contributed by atoms with van der Waals surface area (Å²) >= 11 is 0. The summed E-state index contributed by atoms with van der Waals surface area (Å²) in [5, 5.41) is 3.06. The van der Waals surface area contributed by atoms with Gasteiger partial charge in [0.05, 0.1) is 46.4 Å². The van der Waals surface area contributed by atoms with Crippen LogP contribution in [0.3, 0.4) is 0 Å². The maximum absolute atomic E-state index is 14.4. The van der Waals surface area contributed by atoms with Gasteiger partial charge < -0.3 is 0 Å². The second-order valence-corrected chi connectivity index (χ2v) is 12.5. The number of anilines is 2. The Balaban J connectivity index is 1.29. The van der Waals surface area contributed by atoms with E-state index in [1.165, 1.54) is 22.2 Å². The summed E-state index contributed by atoms with van der Waals surface area (Å²) in [6.45, 7) is 0. The molecule has 0 N–H and O–H groups in total. The molecule has 4 amide bonds. The summed E-state index contributed by atoms with van der Waals surface area (Å²) in [4.78, 5) is 59.1. The SMILES string of the molecule is O=C1[C@@H]2[C@H](C(=O)N1c1cccc(C(F)(F)F)c1)N1[C@H](c3ccccc3)[C@@H]3C(=O)N(c4cccc(C(F)(F)F)c4)C(=O)[C@@H]3N1[C@H]2c1ccccc1. The zero-order valence-electron chi connectivity index (χ0n) is 25.5.